The molecule has 0 bridgehead atoms. The van der Waals surface area contributed by atoms with Crippen LogP contribution in [-0.2, 0) is 65.4 Å². The molecule has 540 valence electrons. The number of phosphoric ester groups is 2. The summed E-state index contributed by atoms with van der Waals surface area (Å²) >= 11 is 0. The highest BCUT2D eigenvalue weighted by Gasteiger charge is 2.30. The predicted octanol–water partition coefficient (Wildman–Crippen LogP) is 21.1. The van der Waals surface area contributed by atoms with E-state index in [2.05, 4.69) is 27.7 Å². The molecular weight excluding hydrogens is 1200 g/mol. The molecule has 0 aromatic rings. The van der Waals surface area contributed by atoms with Gasteiger partial charge in [0.1, 0.15) is 19.3 Å². The number of esters is 4. The van der Waals surface area contributed by atoms with Gasteiger partial charge in [0.05, 0.1) is 26.4 Å². The van der Waals surface area contributed by atoms with Crippen LogP contribution in [0.4, 0.5) is 0 Å². The first kappa shape index (κ1) is 89.1. The third-order valence-electron chi connectivity index (χ3n) is 16.9. The van der Waals surface area contributed by atoms with E-state index in [1.807, 2.05) is 0 Å². The maximum absolute atomic E-state index is 13.0. The number of carbonyl (C=O) groups excluding carboxylic acids is 4. The molecule has 0 spiro atoms. The average Bonchev–Trinajstić information content (AvgIpc) is 3.67. The minimum atomic E-state index is -4.95. The Morgan fingerprint density at radius 2 is 0.440 bits per heavy atom. The molecule has 0 aromatic carbocycles. The van der Waals surface area contributed by atoms with Gasteiger partial charge >= 0.3 is 39.5 Å². The Morgan fingerprint density at radius 1 is 0.264 bits per heavy atom. The van der Waals surface area contributed by atoms with Crippen molar-refractivity contribution in [3.05, 3.63) is 0 Å². The lowest BCUT2D eigenvalue weighted by atomic mass is 10.0. The van der Waals surface area contributed by atoms with E-state index in [0.717, 1.165) is 89.9 Å². The number of hydrogen-bond acceptors (Lipinski definition) is 15. The lowest BCUT2D eigenvalue weighted by molar-refractivity contribution is -0.161. The van der Waals surface area contributed by atoms with Gasteiger partial charge in [-0.25, -0.2) is 9.13 Å². The van der Waals surface area contributed by atoms with Crippen LogP contribution in [0, 0.1) is 0 Å². The molecule has 0 aliphatic heterocycles. The number of ether oxygens (including phenoxy) is 4. The maximum atomic E-state index is 13.0. The lowest BCUT2D eigenvalue weighted by Crippen LogP contribution is -2.30. The minimum absolute atomic E-state index is 0.108. The van der Waals surface area contributed by atoms with E-state index in [0.29, 0.717) is 25.7 Å². The van der Waals surface area contributed by atoms with Crippen LogP contribution in [0.25, 0.3) is 0 Å². The van der Waals surface area contributed by atoms with Crippen LogP contribution >= 0.6 is 15.6 Å². The lowest BCUT2D eigenvalue weighted by Gasteiger charge is -2.21. The second-order valence-corrected chi connectivity index (χ2v) is 28.9. The Kier molecular flexibility index (Phi) is 65.2. The van der Waals surface area contributed by atoms with Crippen LogP contribution < -0.4 is 0 Å². The average molecular weight is 1340 g/mol. The number of aliphatic hydroxyl groups excluding tert-OH is 1. The molecule has 0 aromatic heterocycles. The summed E-state index contributed by atoms with van der Waals surface area (Å²) in [4.78, 5) is 72.6. The normalized spacial score (nSPS) is 14.0. The highest BCUT2D eigenvalue weighted by atomic mass is 31.2. The molecule has 3 unspecified atom stereocenters. The zero-order chi connectivity index (χ0) is 66.8. The molecule has 5 atom stereocenters. The second-order valence-electron chi connectivity index (χ2n) is 26.0. The number of carbonyl (C=O) groups is 4. The van der Waals surface area contributed by atoms with Gasteiger partial charge in [-0.3, -0.25) is 37.3 Å². The van der Waals surface area contributed by atoms with Crippen LogP contribution in [0.3, 0.4) is 0 Å². The van der Waals surface area contributed by atoms with Gasteiger partial charge in [0.2, 0.25) is 0 Å². The number of rotatable bonds is 73. The zero-order valence-electron chi connectivity index (χ0n) is 58.8. The molecule has 0 aliphatic rings. The van der Waals surface area contributed by atoms with Crippen molar-refractivity contribution in [1.29, 1.82) is 0 Å². The highest BCUT2D eigenvalue weighted by Crippen LogP contribution is 2.45. The standard InChI is InChI=1S/C72H140O17P2/c1-5-9-13-17-21-25-29-31-32-33-34-35-39-43-47-51-55-59-72(77)89-68(63-83-70(75)57-53-49-45-41-38-30-26-22-18-14-10-6-2)65-87-91(80,81)85-61-66(73)60-84-90(78,79)86-64-67(88-71(76)58-54-50-46-42-37-28-24-20-16-12-8-4)62-82-69(74)56-52-48-44-40-36-27-23-19-15-11-7-3/h66-68,73H,5-65H2,1-4H3,(H,78,79)(H,80,81)/t66?,67-,68-/m1/s1. The fourth-order valence-corrected chi connectivity index (χ4v) is 12.6. The smallest absolute Gasteiger partial charge is 0.462 e. The highest BCUT2D eigenvalue weighted by molar-refractivity contribution is 7.47. The first-order chi connectivity index (χ1) is 44.2. The summed E-state index contributed by atoms with van der Waals surface area (Å²) in [6.45, 7) is 4.96. The number of aliphatic hydroxyl groups is 1. The van der Waals surface area contributed by atoms with Gasteiger partial charge in [-0.15, -0.1) is 0 Å². The first-order valence-corrected chi connectivity index (χ1v) is 40.8. The quantitative estimate of drug-likeness (QED) is 0.0222. The Morgan fingerprint density at radius 3 is 0.648 bits per heavy atom. The van der Waals surface area contributed by atoms with E-state index >= 15 is 0 Å². The predicted molar refractivity (Wildman–Crippen MR) is 368 cm³/mol. The van der Waals surface area contributed by atoms with Gasteiger partial charge in [0, 0.05) is 25.7 Å². The topological polar surface area (TPSA) is 237 Å². The molecule has 19 heteroatoms. The van der Waals surface area contributed by atoms with Crippen molar-refractivity contribution in [2.24, 2.45) is 0 Å². The van der Waals surface area contributed by atoms with Crippen molar-refractivity contribution in [3.8, 4) is 0 Å². The van der Waals surface area contributed by atoms with Gasteiger partial charge in [-0.1, -0.05) is 329 Å². The summed E-state index contributed by atoms with van der Waals surface area (Å²) < 4.78 is 68.4. The van der Waals surface area contributed by atoms with Gasteiger partial charge < -0.3 is 33.8 Å². The van der Waals surface area contributed by atoms with E-state index in [1.165, 1.54) is 212 Å². The van der Waals surface area contributed by atoms with Crippen LogP contribution in [-0.4, -0.2) is 96.7 Å². The Bertz CT molecular complexity index is 1740. The van der Waals surface area contributed by atoms with Gasteiger partial charge in [-0.05, 0) is 25.7 Å². The molecule has 0 saturated heterocycles. The molecular formula is C72H140O17P2. The molecule has 0 saturated carbocycles. The fourth-order valence-electron chi connectivity index (χ4n) is 11.0. The second kappa shape index (κ2) is 66.7. The van der Waals surface area contributed by atoms with Crippen LogP contribution in [0.15, 0.2) is 0 Å². The van der Waals surface area contributed by atoms with Crippen molar-refractivity contribution >= 4 is 39.5 Å². The van der Waals surface area contributed by atoms with Crippen molar-refractivity contribution in [3.63, 3.8) is 0 Å². The summed E-state index contributed by atoms with van der Waals surface area (Å²) in [6, 6.07) is 0. The molecule has 91 heavy (non-hydrogen) atoms. The molecule has 0 amide bonds. The summed E-state index contributed by atoms with van der Waals surface area (Å²) in [5.74, 6) is -2.12. The minimum Gasteiger partial charge on any atom is -0.462 e. The van der Waals surface area contributed by atoms with Crippen molar-refractivity contribution in [1.82, 2.24) is 0 Å². The van der Waals surface area contributed by atoms with Crippen LogP contribution in [0.5, 0.6) is 0 Å². The fraction of sp³-hybridized carbons (Fsp3) is 0.944. The van der Waals surface area contributed by atoms with Crippen molar-refractivity contribution in [2.45, 2.75) is 399 Å². The van der Waals surface area contributed by atoms with Crippen LogP contribution in [0.1, 0.15) is 381 Å². The summed E-state index contributed by atoms with van der Waals surface area (Å²) in [5, 5.41) is 10.6. The molecule has 0 rings (SSSR count). The third kappa shape index (κ3) is 66.5. The monoisotopic (exact) mass is 1340 g/mol. The first-order valence-electron chi connectivity index (χ1n) is 37.8. The molecule has 0 heterocycles. The summed E-state index contributed by atoms with van der Waals surface area (Å²) in [7, 11) is -9.90. The zero-order valence-corrected chi connectivity index (χ0v) is 60.6. The van der Waals surface area contributed by atoms with E-state index in [-0.39, 0.29) is 25.7 Å². The largest absolute Gasteiger partial charge is 0.472 e. The molecule has 3 N–H and O–H groups in total. The molecule has 0 aliphatic carbocycles. The Labute approximate surface area is 556 Å². The number of phosphoric acid groups is 2. The summed E-state index contributed by atoms with van der Waals surface area (Å²) in [5.41, 5.74) is 0. The van der Waals surface area contributed by atoms with Crippen LogP contribution in [0.2, 0.25) is 0 Å². The van der Waals surface area contributed by atoms with Gasteiger partial charge in [0.25, 0.3) is 0 Å². The van der Waals surface area contributed by atoms with E-state index in [9.17, 15) is 43.2 Å². The molecule has 0 fully saturated rings. The van der Waals surface area contributed by atoms with Gasteiger partial charge in [0.15, 0.2) is 12.2 Å². The molecule has 17 nitrogen and oxygen atoms in total. The van der Waals surface area contributed by atoms with Gasteiger partial charge in [-0.2, -0.15) is 0 Å². The van der Waals surface area contributed by atoms with Crippen molar-refractivity contribution in [2.75, 3.05) is 39.6 Å². The third-order valence-corrected chi connectivity index (χ3v) is 18.8. The Balaban J connectivity index is 5.23. The number of hydrogen-bond donors (Lipinski definition) is 3. The van der Waals surface area contributed by atoms with E-state index in [1.54, 1.807) is 0 Å². The summed E-state index contributed by atoms with van der Waals surface area (Å²) in [6.07, 6.45) is 55.3. The Hall–Kier alpha value is -1.94. The molecule has 0 radical (unpaired) electrons. The SMILES string of the molecule is CCCCCCCCCCCCCCCCCCCC(=O)O[C@H](COC(=O)CCCCCCCCCCCCCC)COP(=O)(O)OCC(O)COP(=O)(O)OC[C@@H](COC(=O)CCCCCCCCCCCCC)OC(=O)CCCCCCCCCCCCC. The van der Waals surface area contributed by atoms with E-state index in [4.69, 9.17) is 37.0 Å². The maximum Gasteiger partial charge on any atom is 0.472 e. The number of unbranched alkanes of at least 4 members (excludes halogenated alkanes) is 47. The van der Waals surface area contributed by atoms with E-state index < -0.39 is 97.5 Å². The van der Waals surface area contributed by atoms with Crippen molar-refractivity contribution < 1.29 is 80.2 Å².